The summed E-state index contributed by atoms with van der Waals surface area (Å²) in [7, 11) is -2.24. The van der Waals surface area contributed by atoms with Crippen LogP contribution >= 0.6 is 11.6 Å². The molecule has 1 aromatic rings. The molecule has 0 atom stereocenters. The van der Waals surface area contributed by atoms with E-state index >= 15 is 0 Å². The fraction of sp³-hybridized carbons (Fsp3) is 0.429. The van der Waals surface area contributed by atoms with Crippen LogP contribution in [0.25, 0.3) is 0 Å². The van der Waals surface area contributed by atoms with Gasteiger partial charge in [-0.1, -0.05) is 11.6 Å². The predicted octanol–water partition coefficient (Wildman–Crippen LogP) is 1.49. The first kappa shape index (κ1) is 16.9. The molecule has 6 nitrogen and oxygen atoms in total. The van der Waals surface area contributed by atoms with Crippen LogP contribution in [0.2, 0.25) is 5.02 Å². The molecule has 1 aliphatic carbocycles. The lowest BCUT2D eigenvalue weighted by Gasteiger charge is -2.09. The second-order valence-electron chi connectivity index (χ2n) is 5.14. The molecule has 1 saturated carbocycles. The molecule has 0 unspecified atom stereocenters. The highest BCUT2D eigenvalue weighted by atomic mass is 35.5. The maximum Gasteiger partial charge on any atom is 0.242 e. The molecule has 0 aliphatic heterocycles. The second-order valence-corrected chi connectivity index (χ2v) is 7.23. The Morgan fingerprint density at radius 2 is 1.95 bits per heavy atom. The maximum atomic E-state index is 12.2. The van der Waals surface area contributed by atoms with Gasteiger partial charge in [0.15, 0.2) is 5.78 Å². The molecule has 120 valence electrons. The SMILES string of the molecule is CNC(=O)CCC(=O)c1ccc(Cl)c(S(=O)(=O)NC2CC2)c1. The number of Topliss-reactive ketones (excluding diaryl/α,β-unsaturated/α-hetero) is 1. The largest absolute Gasteiger partial charge is 0.359 e. The van der Waals surface area contributed by atoms with Crippen LogP contribution in [-0.2, 0) is 14.8 Å². The van der Waals surface area contributed by atoms with E-state index in [4.69, 9.17) is 11.6 Å². The van der Waals surface area contributed by atoms with Crippen LogP contribution in [0, 0.1) is 0 Å². The van der Waals surface area contributed by atoms with E-state index < -0.39 is 10.0 Å². The lowest BCUT2D eigenvalue weighted by molar-refractivity contribution is -0.120. The van der Waals surface area contributed by atoms with E-state index in [1.165, 1.54) is 25.2 Å². The van der Waals surface area contributed by atoms with E-state index in [0.717, 1.165) is 12.8 Å². The Morgan fingerprint density at radius 3 is 2.55 bits per heavy atom. The summed E-state index contributed by atoms with van der Waals surface area (Å²) in [5, 5.41) is 2.49. The third-order valence-corrected chi connectivity index (χ3v) is 5.30. The zero-order valence-corrected chi connectivity index (χ0v) is 13.6. The van der Waals surface area contributed by atoms with E-state index in [2.05, 4.69) is 10.0 Å². The van der Waals surface area contributed by atoms with Gasteiger partial charge < -0.3 is 5.32 Å². The van der Waals surface area contributed by atoms with Crippen LogP contribution in [-0.4, -0.2) is 33.2 Å². The fourth-order valence-electron chi connectivity index (χ4n) is 1.86. The van der Waals surface area contributed by atoms with E-state index in [9.17, 15) is 18.0 Å². The lowest BCUT2D eigenvalue weighted by atomic mass is 10.1. The van der Waals surface area contributed by atoms with E-state index in [0.29, 0.717) is 0 Å². The van der Waals surface area contributed by atoms with Crippen LogP contribution in [0.5, 0.6) is 0 Å². The Labute approximate surface area is 134 Å². The van der Waals surface area contributed by atoms with Gasteiger partial charge in [-0.2, -0.15) is 0 Å². The Kier molecular flexibility index (Phi) is 5.20. The van der Waals surface area contributed by atoms with Crippen molar-refractivity contribution >= 4 is 33.3 Å². The minimum atomic E-state index is -3.73. The van der Waals surface area contributed by atoms with Gasteiger partial charge in [0, 0.05) is 31.5 Å². The number of hydrogen-bond acceptors (Lipinski definition) is 4. The zero-order valence-electron chi connectivity index (χ0n) is 12.1. The normalized spacial score (nSPS) is 14.6. The number of rotatable bonds is 7. The molecule has 0 radical (unpaired) electrons. The minimum Gasteiger partial charge on any atom is -0.359 e. The average molecular weight is 345 g/mol. The topological polar surface area (TPSA) is 92.3 Å². The molecule has 0 spiro atoms. The van der Waals surface area contributed by atoms with Crippen molar-refractivity contribution in [2.45, 2.75) is 36.6 Å². The molecule has 0 bridgehead atoms. The number of ketones is 1. The number of hydrogen-bond donors (Lipinski definition) is 2. The Morgan fingerprint density at radius 1 is 1.27 bits per heavy atom. The summed E-state index contributed by atoms with van der Waals surface area (Å²) in [5.74, 6) is -0.548. The van der Waals surface area contributed by atoms with Gasteiger partial charge >= 0.3 is 0 Å². The van der Waals surface area contributed by atoms with Crippen LogP contribution < -0.4 is 10.0 Å². The van der Waals surface area contributed by atoms with Crippen molar-refractivity contribution in [1.82, 2.24) is 10.0 Å². The third-order valence-electron chi connectivity index (χ3n) is 3.30. The summed E-state index contributed by atoms with van der Waals surface area (Å²) in [6.45, 7) is 0. The highest BCUT2D eigenvalue weighted by molar-refractivity contribution is 7.89. The number of halogens is 1. The summed E-state index contributed by atoms with van der Waals surface area (Å²) in [6, 6.07) is 4.06. The van der Waals surface area contributed by atoms with Gasteiger partial charge in [-0.05, 0) is 31.0 Å². The highest BCUT2D eigenvalue weighted by Crippen LogP contribution is 2.27. The van der Waals surface area contributed by atoms with E-state index in [1.807, 2.05) is 0 Å². The molecular formula is C14H17ClN2O4S. The van der Waals surface area contributed by atoms with Crippen LogP contribution in [0.1, 0.15) is 36.0 Å². The van der Waals surface area contributed by atoms with Crippen LogP contribution in [0.4, 0.5) is 0 Å². The molecule has 2 rings (SSSR count). The summed E-state index contributed by atoms with van der Waals surface area (Å²) < 4.78 is 27.0. The van der Waals surface area contributed by atoms with Gasteiger partial charge in [-0.3, -0.25) is 9.59 Å². The maximum absolute atomic E-state index is 12.2. The summed E-state index contributed by atoms with van der Waals surface area (Å²) >= 11 is 5.94. The third kappa shape index (κ3) is 4.28. The number of amides is 1. The number of sulfonamides is 1. The molecule has 1 fully saturated rings. The molecule has 2 N–H and O–H groups in total. The van der Waals surface area contributed by atoms with Gasteiger partial charge in [-0.15, -0.1) is 0 Å². The zero-order chi connectivity index (χ0) is 16.3. The first-order valence-corrected chi connectivity index (χ1v) is 8.75. The van der Waals surface area contributed by atoms with Gasteiger partial charge in [0.2, 0.25) is 15.9 Å². The van der Waals surface area contributed by atoms with Crippen LogP contribution in [0.15, 0.2) is 23.1 Å². The fourth-order valence-corrected chi connectivity index (χ4v) is 3.69. The molecule has 1 aromatic carbocycles. The Bertz CT molecular complexity index is 699. The summed E-state index contributed by atoms with van der Waals surface area (Å²) in [5.41, 5.74) is 0.226. The number of benzene rings is 1. The molecule has 22 heavy (non-hydrogen) atoms. The van der Waals surface area contributed by atoms with Crippen molar-refractivity contribution < 1.29 is 18.0 Å². The molecule has 0 saturated heterocycles. The number of nitrogens with one attached hydrogen (secondary N) is 2. The smallest absolute Gasteiger partial charge is 0.242 e. The molecule has 1 aliphatic rings. The van der Waals surface area contributed by atoms with Crippen molar-refractivity contribution in [2.75, 3.05) is 7.05 Å². The first-order valence-electron chi connectivity index (χ1n) is 6.89. The van der Waals surface area contributed by atoms with Crippen molar-refractivity contribution in [1.29, 1.82) is 0 Å². The van der Waals surface area contributed by atoms with E-state index in [1.54, 1.807) is 0 Å². The predicted molar refractivity (Wildman–Crippen MR) is 82.4 cm³/mol. The van der Waals surface area contributed by atoms with Gasteiger partial charge in [0.05, 0.1) is 5.02 Å². The van der Waals surface area contributed by atoms with Crippen molar-refractivity contribution in [3.05, 3.63) is 28.8 Å². The minimum absolute atomic E-state index is 0.0108. The van der Waals surface area contributed by atoms with Crippen LogP contribution in [0.3, 0.4) is 0 Å². The second kappa shape index (κ2) is 6.76. The number of carbonyl (C=O) groups excluding carboxylic acids is 2. The lowest BCUT2D eigenvalue weighted by Crippen LogP contribution is -2.26. The summed E-state index contributed by atoms with van der Waals surface area (Å²) in [4.78, 5) is 23.1. The molecular weight excluding hydrogens is 328 g/mol. The van der Waals surface area contributed by atoms with Crippen molar-refractivity contribution in [3.63, 3.8) is 0 Å². The highest BCUT2D eigenvalue weighted by Gasteiger charge is 2.29. The van der Waals surface area contributed by atoms with Gasteiger partial charge in [0.25, 0.3) is 0 Å². The average Bonchev–Trinajstić information content (AvgIpc) is 3.27. The standard InChI is InChI=1S/C14H17ClN2O4S/c1-16-14(19)7-6-12(18)9-2-5-11(15)13(8-9)22(20,21)17-10-3-4-10/h2,5,8,10,17H,3-4,6-7H2,1H3,(H,16,19). The van der Waals surface area contributed by atoms with Gasteiger partial charge in [-0.25, -0.2) is 13.1 Å². The van der Waals surface area contributed by atoms with E-state index in [-0.39, 0.29) is 46.1 Å². The number of carbonyl (C=O) groups is 2. The quantitative estimate of drug-likeness (QED) is 0.733. The Balaban J connectivity index is 2.18. The molecule has 0 aromatic heterocycles. The summed E-state index contributed by atoms with van der Waals surface area (Å²) in [6.07, 6.45) is 1.68. The monoisotopic (exact) mass is 344 g/mol. The molecule has 8 heteroatoms. The molecule has 0 heterocycles. The van der Waals surface area contributed by atoms with Gasteiger partial charge in [0.1, 0.15) is 4.90 Å². The van der Waals surface area contributed by atoms with Crippen molar-refractivity contribution in [2.24, 2.45) is 0 Å². The molecule has 1 amide bonds. The van der Waals surface area contributed by atoms with Crippen molar-refractivity contribution in [3.8, 4) is 0 Å². The Hall–Kier alpha value is -1.44. The first-order chi connectivity index (χ1) is 10.3.